The van der Waals surface area contributed by atoms with Gasteiger partial charge in [-0.05, 0) is 25.1 Å². The second kappa shape index (κ2) is 6.01. The lowest BCUT2D eigenvalue weighted by atomic mass is 10.1. The van der Waals surface area contributed by atoms with Crippen LogP contribution < -0.4 is 15.7 Å². The van der Waals surface area contributed by atoms with Crippen LogP contribution in [0.2, 0.25) is 0 Å². The summed E-state index contributed by atoms with van der Waals surface area (Å²) < 4.78 is 13.5. The maximum atomic E-state index is 12.0. The first-order chi connectivity index (χ1) is 9.43. The topological polar surface area (TPSA) is 105 Å². The van der Waals surface area contributed by atoms with E-state index >= 15 is 0 Å². The summed E-state index contributed by atoms with van der Waals surface area (Å²) in [5.74, 6) is 0.907. The van der Waals surface area contributed by atoms with Crippen molar-refractivity contribution < 1.29 is 9.67 Å². The van der Waals surface area contributed by atoms with Gasteiger partial charge in [-0.15, -0.1) is 11.8 Å². The zero-order valence-corrected chi connectivity index (χ0v) is 12.8. The number of hydrogen-bond donors (Lipinski definition) is 3. The van der Waals surface area contributed by atoms with Gasteiger partial charge in [0.05, 0.1) is 5.69 Å². The number of anilines is 1. The molecule has 5 N–H and O–H groups in total. The molecule has 1 aliphatic heterocycles. The number of benzene rings is 1. The Morgan fingerprint density at radius 2 is 2.25 bits per heavy atom. The first kappa shape index (κ1) is 15.1. The van der Waals surface area contributed by atoms with Crippen molar-refractivity contribution in [1.29, 1.82) is 0 Å². The number of phenols is 1. The number of rotatable bonds is 4. The fourth-order valence-corrected chi connectivity index (χ4v) is 3.70. The average Bonchev–Trinajstić information content (AvgIpc) is 2.40. The Morgan fingerprint density at radius 1 is 1.50 bits per heavy atom. The minimum absolute atomic E-state index is 0.113. The fraction of sp³-hybridized carbons (Fsp3) is 0.250. The van der Waals surface area contributed by atoms with Gasteiger partial charge in [0.15, 0.2) is 0 Å². The van der Waals surface area contributed by atoms with E-state index in [9.17, 15) is 9.67 Å². The molecular weight excluding hydrogens is 295 g/mol. The Labute approximate surface area is 122 Å². The van der Waals surface area contributed by atoms with Crippen LogP contribution in [0, 0.1) is 0 Å². The quantitative estimate of drug-likeness (QED) is 0.736. The van der Waals surface area contributed by atoms with Crippen LogP contribution in [0.3, 0.4) is 0 Å². The van der Waals surface area contributed by atoms with E-state index < -0.39 is 7.59 Å². The molecule has 108 valence electrons. The van der Waals surface area contributed by atoms with Crippen molar-refractivity contribution >= 4 is 30.1 Å². The van der Waals surface area contributed by atoms with Crippen LogP contribution in [0.1, 0.15) is 12.5 Å². The molecule has 1 aromatic carbocycles. The van der Waals surface area contributed by atoms with Gasteiger partial charge in [0, 0.05) is 24.1 Å². The monoisotopic (exact) mass is 312 g/mol. The summed E-state index contributed by atoms with van der Waals surface area (Å²) in [6.07, 6.45) is 3.64. The third kappa shape index (κ3) is 3.24. The molecule has 0 spiro atoms. The number of aliphatic imine (C=N–C) groups is 1. The summed E-state index contributed by atoms with van der Waals surface area (Å²) in [5.41, 5.74) is 12.5. The molecule has 20 heavy (non-hydrogen) atoms. The highest BCUT2D eigenvalue weighted by molar-refractivity contribution is 8.14. The normalized spacial score (nSPS) is 15.1. The molecule has 0 saturated carbocycles. The van der Waals surface area contributed by atoms with E-state index in [-0.39, 0.29) is 5.75 Å². The molecular formula is C12H17N4O2PS. The summed E-state index contributed by atoms with van der Waals surface area (Å²) >= 11 is 1.53. The lowest BCUT2D eigenvalue weighted by Crippen LogP contribution is -2.29. The number of phenolic OH excluding ortho intramolecular Hbond substituents is 1. The maximum Gasteiger partial charge on any atom is 0.300 e. The van der Waals surface area contributed by atoms with E-state index in [1.165, 1.54) is 22.5 Å². The van der Waals surface area contributed by atoms with Gasteiger partial charge >= 0.3 is 7.59 Å². The molecule has 0 unspecified atom stereocenters. The van der Waals surface area contributed by atoms with E-state index in [2.05, 4.69) is 4.99 Å². The van der Waals surface area contributed by atoms with Crippen molar-refractivity contribution in [2.75, 3.05) is 17.0 Å². The minimum Gasteiger partial charge on any atom is -0.508 e. The van der Waals surface area contributed by atoms with Crippen LogP contribution in [0.5, 0.6) is 5.75 Å². The van der Waals surface area contributed by atoms with Crippen molar-refractivity contribution in [1.82, 2.24) is 0 Å². The molecule has 0 saturated heterocycles. The largest absolute Gasteiger partial charge is 0.508 e. The number of nitrogens with zero attached hydrogens (tertiary/aromatic N) is 2. The molecule has 0 bridgehead atoms. The van der Waals surface area contributed by atoms with Gasteiger partial charge in [0.1, 0.15) is 10.8 Å². The number of thioether (sulfide) groups is 1. The maximum absolute atomic E-state index is 12.0. The smallest absolute Gasteiger partial charge is 0.300 e. The van der Waals surface area contributed by atoms with Crippen LogP contribution in [-0.4, -0.2) is 22.4 Å². The summed E-state index contributed by atoms with van der Waals surface area (Å²) in [5, 5.41) is 10.4. The standard InChI is InChI=1S/C12H17N4O2PS/c1-2-16(19(13,14)18)11-5-4-9(17)8-10(11)12-15-6-3-7-20-12/h3-6,8,17H,2,7H2,1H3,(H4,13,14,18). The highest BCUT2D eigenvalue weighted by atomic mass is 32.2. The highest BCUT2D eigenvalue weighted by Crippen LogP contribution is 2.41. The molecule has 0 amide bonds. The van der Waals surface area contributed by atoms with Crippen molar-refractivity contribution in [2.24, 2.45) is 16.0 Å². The van der Waals surface area contributed by atoms with E-state index in [0.717, 1.165) is 10.8 Å². The third-order valence-electron chi connectivity index (χ3n) is 2.78. The lowest BCUT2D eigenvalue weighted by Gasteiger charge is -2.28. The zero-order valence-electron chi connectivity index (χ0n) is 11.1. The number of nitrogens with two attached hydrogens (primary N) is 2. The highest BCUT2D eigenvalue weighted by Gasteiger charge is 2.24. The molecule has 8 heteroatoms. The molecule has 2 rings (SSSR count). The average molecular weight is 312 g/mol. The van der Waals surface area contributed by atoms with Gasteiger partial charge in [-0.25, -0.2) is 4.99 Å². The van der Waals surface area contributed by atoms with Gasteiger partial charge < -0.3 is 5.11 Å². The van der Waals surface area contributed by atoms with Gasteiger partial charge in [0.2, 0.25) is 0 Å². The molecule has 0 aliphatic carbocycles. The minimum atomic E-state index is -3.42. The number of aromatic hydroxyl groups is 1. The van der Waals surface area contributed by atoms with E-state index in [4.69, 9.17) is 11.0 Å². The first-order valence-corrected chi connectivity index (χ1v) is 8.86. The predicted octanol–water partition coefficient (Wildman–Crippen LogP) is 2.25. The molecule has 0 aromatic heterocycles. The van der Waals surface area contributed by atoms with E-state index in [1.807, 2.05) is 13.0 Å². The van der Waals surface area contributed by atoms with Crippen LogP contribution in [0.25, 0.3) is 0 Å². The van der Waals surface area contributed by atoms with Gasteiger partial charge in [-0.3, -0.25) is 20.2 Å². The van der Waals surface area contributed by atoms with Crippen molar-refractivity contribution in [3.63, 3.8) is 0 Å². The molecule has 0 fully saturated rings. The summed E-state index contributed by atoms with van der Waals surface area (Å²) in [6.45, 7) is 2.22. The van der Waals surface area contributed by atoms with Crippen LogP contribution in [0.15, 0.2) is 35.5 Å². The van der Waals surface area contributed by atoms with Gasteiger partial charge in [-0.1, -0.05) is 6.08 Å². The summed E-state index contributed by atoms with van der Waals surface area (Å²) in [6, 6.07) is 4.75. The van der Waals surface area contributed by atoms with Crippen molar-refractivity contribution in [3.8, 4) is 5.75 Å². The predicted molar refractivity (Wildman–Crippen MR) is 85.2 cm³/mol. The Morgan fingerprint density at radius 3 is 2.80 bits per heavy atom. The summed E-state index contributed by atoms with van der Waals surface area (Å²) in [4.78, 5) is 4.29. The second-order valence-corrected chi connectivity index (χ2v) is 7.06. The van der Waals surface area contributed by atoms with Crippen LogP contribution in [-0.2, 0) is 4.57 Å². The molecule has 1 aliphatic rings. The molecule has 0 atom stereocenters. The number of hydrogen-bond acceptors (Lipinski definition) is 4. The third-order valence-corrected chi connectivity index (χ3v) is 4.99. The van der Waals surface area contributed by atoms with Crippen molar-refractivity contribution in [2.45, 2.75) is 6.92 Å². The van der Waals surface area contributed by atoms with E-state index in [1.54, 1.807) is 18.3 Å². The molecule has 0 radical (unpaired) electrons. The van der Waals surface area contributed by atoms with Crippen LogP contribution >= 0.6 is 19.4 Å². The molecule has 1 aromatic rings. The van der Waals surface area contributed by atoms with Gasteiger partial charge in [0.25, 0.3) is 0 Å². The zero-order chi connectivity index (χ0) is 14.8. The Kier molecular flexibility index (Phi) is 4.55. The van der Waals surface area contributed by atoms with E-state index in [0.29, 0.717) is 17.8 Å². The Balaban J connectivity index is 2.56. The molecule has 1 heterocycles. The second-order valence-electron chi connectivity index (χ2n) is 4.22. The van der Waals surface area contributed by atoms with Crippen molar-refractivity contribution in [3.05, 3.63) is 36.0 Å². The Hall–Kier alpha value is -1.27. The fourth-order valence-electron chi connectivity index (χ4n) is 1.96. The van der Waals surface area contributed by atoms with Gasteiger partial charge in [-0.2, -0.15) is 0 Å². The molecule has 6 nitrogen and oxygen atoms in total. The summed E-state index contributed by atoms with van der Waals surface area (Å²) in [7, 11) is -3.42. The Bertz CT molecular complexity index is 611. The lowest BCUT2D eigenvalue weighted by molar-refractivity contribution is 0.475. The first-order valence-electron chi connectivity index (χ1n) is 6.07. The van der Waals surface area contributed by atoms with Crippen LogP contribution in [0.4, 0.5) is 5.69 Å². The SMILES string of the molecule is CCN(c1ccc(O)cc1C1=NC=CCS1)P(N)(N)=O.